The number of hydrogen-bond donors (Lipinski definition) is 1. The lowest BCUT2D eigenvalue weighted by atomic mass is 9.90. The van der Waals surface area contributed by atoms with Crippen LogP contribution in [-0.4, -0.2) is 15.0 Å². The monoisotopic (exact) mass is 310 g/mol. The molecule has 0 aliphatic rings. The second-order valence-corrected chi connectivity index (χ2v) is 7.44. The Kier molecular flexibility index (Phi) is 5.37. The van der Waals surface area contributed by atoms with Crippen LogP contribution in [0.15, 0.2) is 17.0 Å². The van der Waals surface area contributed by atoms with Crippen LogP contribution in [0.5, 0.6) is 5.75 Å². The molecule has 0 aliphatic carbocycles. The zero-order valence-corrected chi connectivity index (χ0v) is 13.8. The Morgan fingerprint density at radius 2 is 1.81 bits per heavy atom. The Hall–Kier alpha value is -1.58. The highest BCUT2D eigenvalue weighted by Gasteiger charge is 2.17. The van der Waals surface area contributed by atoms with Gasteiger partial charge in [-0.3, -0.25) is 0 Å². The first-order chi connectivity index (χ1) is 9.57. The lowest BCUT2D eigenvalue weighted by Crippen LogP contribution is -2.13. The average molecular weight is 310 g/mol. The predicted octanol–water partition coefficient (Wildman–Crippen LogP) is 2.66. The van der Waals surface area contributed by atoms with Gasteiger partial charge < -0.3 is 4.74 Å². The minimum atomic E-state index is -3.70. The molecule has 5 nitrogen and oxygen atoms in total. The number of aryl methyl sites for hydroxylation is 2. The van der Waals surface area contributed by atoms with Gasteiger partial charge in [-0.15, -0.1) is 0 Å². The second kappa shape index (κ2) is 6.46. The van der Waals surface area contributed by atoms with Crippen molar-refractivity contribution in [3.8, 4) is 11.8 Å². The van der Waals surface area contributed by atoms with E-state index < -0.39 is 10.0 Å². The van der Waals surface area contributed by atoms with E-state index in [1.165, 1.54) is 12.1 Å². The molecule has 0 saturated carbocycles. The molecule has 0 heterocycles. The van der Waals surface area contributed by atoms with E-state index in [1.807, 2.05) is 13.8 Å². The molecule has 0 radical (unpaired) electrons. The lowest BCUT2D eigenvalue weighted by Gasteiger charge is -2.17. The fourth-order valence-corrected chi connectivity index (χ4v) is 2.73. The van der Waals surface area contributed by atoms with Gasteiger partial charge in [0.05, 0.1) is 23.0 Å². The molecule has 1 aromatic rings. The minimum Gasteiger partial charge on any atom is -0.493 e. The molecule has 0 fully saturated rings. The number of nitrogens with two attached hydrogens (primary N) is 1. The van der Waals surface area contributed by atoms with Crippen molar-refractivity contribution in [3.05, 3.63) is 23.3 Å². The van der Waals surface area contributed by atoms with Gasteiger partial charge in [-0.25, -0.2) is 13.6 Å². The Bertz CT molecular complexity index is 635. The van der Waals surface area contributed by atoms with Crippen LogP contribution in [0.4, 0.5) is 0 Å². The summed E-state index contributed by atoms with van der Waals surface area (Å²) in [6.07, 6.45) is 1.51. The van der Waals surface area contributed by atoms with Crippen molar-refractivity contribution in [1.29, 1.82) is 5.26 Å². The van der Waals surface area contributed by atoms with Gasteiger partial charge in [-0.05, 0) is 63.8 Å². The van der Waals surface area contributed by atoms with Crippen molar-refractivity contribution in [2.24, 2.45) is 10.6 Å². The van der Waals surface area contributed by atoms with E-state index in [1.54, 1.807) is 13.8 Å². The molecular formula is C15H22N2O3S. The summed E-state index contributed by atoms with van der Waals surface area (Å²) in [5.41, 5.74) is 1.11. The number of primary sulfonamides is 1. The van der Waals surface area contributed by atoms with Gasteiger partial charge >= 0.3 is 0 Å². The molecule has 0 bridgehead atoms. The van der Waals surface area contributed by atoms with Gasteiger partial charge in [-0.1, -0.05) is 0 Å². The van der Waals surface area contributed by atoms with Crippen LogP contribution in [0, 0.1) is 30.6 Å². The fraction of sp³-hybridized carbons (Fsp3) is 0.533. The van der Waals surface area contributed by atoms with Crippen LogP contribution in [0.2, 0.25) is 0 Å². The largest absolute Gasteiger partial charge is 0.493 e. The van der Waals surface area contributed by atoms with E-state index in [2.05, 4.69) is 6.07 Å². The average Bonchev–Trinajstić information content (AvgIpc) is 2.35. The molecule has 0 spiro atoms. The fourth-order valence-electron chi connectivity index (χ4n) is 2.05. The highest BCUT2D eigenvalue weighted by Crippen LogP contribution is 2.27. The van der Waals surface area contributed by atoms with Crippen LogP contribution >= 0.6 is 0 Å². The van der Waals surface area contributed by atoms with Crippen molar-refractivity contribution in [3.63, 3.8) is 0 Å². The van der Waals surface area contributed by atoms with Crippen molar-refractivity contribution in [2.75, 3.05) is 6.61 Å². The maximum Gasteiger partial charge on any atom is 0.238 e. The second-order valence-electron chi connectivity index (χ2n) is 5.88. The zero-order chi connectivity index (χ0) is 16.3. The number of rotatable bonds is 6. The third kappa shape index (κ3) is 5.03. The first-order valence-corrected chi connectivity index (χ1v) is 8.29. The summed E-state index contributed by atoms with van der Waals surface area (Å²) in [5, 5.41) is 14.1. The van der Waals surface area contributed by atoms with Crippen molar-refractivity contribution in [1.82, 2.24) is 0 Å². The molecule has 0 amide bonds. The van der Waals surface area contributed by atoms with Gasteiger partial charge in [0.2, 0.25) is 10.0 Å². The number of nitriles is 1. The Morgan fingerprint density at radius 1 is 1.29 bits per heavy atom. The third-order valence-corrected chi connectivity index (χ3v) is 4.15. The number of ether oxygens (including phenoxy) is 1. The summed E-state index contributed by atoms with van der Waals surface area (Å²) in [5.74, 6) is 0.678. The van der Waals surface area contributed by atoms with E-state index in [-0.39, 0.29) is 10.3 Å². The van der Waals surface area contributed by atoms with Gasteiger partial charge in [0, 0.05) is 0 Å². The van der Waals surface area contributed by atoms with Crippen LogP contribution in [0.25, 0.3) is 0 Å². The molecule has 2 N–H and O–H groups in total. The zero-order valence-electron chi connectivity index (χ0n) is 12.9. The highest BCUT2D eigenvalue weighted by molar-refractivity contribution is 7.89. The Labute approximate surface area is 126 Å². The van der Waals surface area contributed by atoms with E-state index in [0.717, 1.165) is 24.0 Å². The number of benzene rings is 1. The van der Waals surface area contributed by atoms with Crippen LogP contribution in [0.3, 0.4) is 0 Å². The highest BCUT2D eigenvalue weighted by atomic mass is 32.2. The van der Waals surface area contributed by atoms with Crippen molar-refractivity contribution >= 4 is 10.0 Å². The smallest absolute Gasteiger partial charge is 0.238 e. The Balaban J connectivity index is 2.76. The van der Waals surface area contributed by atoms with Crippen molar-refractivity contribution < 1.29 is 13.2 Å². The molecule has 0 saturated heterocycles. The van der Waals surface area contributed by atoms with Gasteiger partial charge in [0.1, 0.15) is 5.75 Å². The number of hydrogen-bond acceptors (Lipinski definition) is 4. The molecule has 0 unspecified atom stereocenters. The topological polar surface area (TPSA) is 93.2 Å². The van der Waals surface area contributed by atoms with Crippen LogP contribution in [-0.2, 0) is 10.0 Å². The molecule has 6 heteroatoms. The first-order valence-electron chi connectivity index (χ1n) is 6.75. The molecule has 0 aliphatic heterocycles. The van der Waals surface area contributed by atoms with E-state index >= 15 is 0 Å². The maximum absolute atomic E-state index is 11.4. The summed E-state index contributed by atoms with van der Waals surface area (Å²) in [6.45, 7) is 7.85. The summed E-state index contributed by atoms with van der Waals surface area (Å²) in [4.78, 5) is 0.0930. The van der Waals surface area contributed by atoms with Gasteiger partial charge in [0.15, 0.2) is 0 Å². The normalized spacial score (nSPS) is 12.0. The minimum absolute atomic E-state index is 0.0930. The lowest BCUT2D eigenvalue weighted by molar-refractivity contribution is 0.281. The quantitative estimate of drug-likeness (QED) is 0.817. The molecule has 116 valence electrons. The number of nitrogens with zero attached hydrogens (tertiary/aromatic N) is 1. The standard InChI is InChI=1S/C15H22N2O3S/c1-11-8-13(21(17,18)19)9-12(2)14(11)20-7-5-6-15(3,4)10-16/h8-9H,5-7H2,1-4H3,(H2,17,18,19). The van der Waals surface area contributed by atoms with E-state index in [0.29, 0.717) is 12.4 Å². The SMILES string of the molecule is Cc1cc(S(N)(=O)=O)cc(C)c1OCCCC(C)(C)C#N. The number of sulfonamides is 1. The molecular weight excluding hydrogens is 288 g/mol. The van der Waals surface area contributed by atoms with Crippen LogP contribution in [0.1, 0.15) is 37.8 Å². The summed E-state index contributed by atoms with van der Waals surface area (Å²) in [6, 6.07) is 5.27. The van der Waals surface area contributed by atoms with E-state index in [9.17, 15) is 8.42 Å². The molecule has 1 aromatic carbocycles. The van der Waals surface area contributed by atoms with E-state index in [4.69, 9.17) is 15.1 Å². The molecule has 1 rings (SSSR count). The molecule has 0 aromatic heterocycles. The molecule has 0 atom stereocenters. The van der Waals surface area contributed by atoms with Gasteiger partial charge in [-0.2, -0.15) is 5.26 Å². The first kappa shape index (κ1) is 17.5. The van der Waals surface area contributed by atoms with Crippen molar-refractivity contribution in [2.45, 2.75) is 45.4 Å². The summed E-state index contributed by atoms with van der Waals surface area (Å²) in [7, 11) is -3.70. The van der Waals surface area contributed by atoms with Crippen LogP contribution < -0.4 is 9.88 Å². The maximum atomic E-state index is 11.4. The predicted molar refractivity (Wildman–Crippen MR) is 81.4 cm³/mol. The third-order valence-electron chi connectivity index (χ3n) is 3.26. The Morgan fingerprint density at radius 3 is 2.24 bits per heavy atom. The summed E-state index contributed by atoms with van der Waals surface area (Å²) < 4.78 is 28.4. The molecule has 21 heavy (non-hydrogen) atoms. The summed E-state index contributed by atoms with van der Waals surface area (Å²) >= 11 is 0. The van der Waals surface area contributed by atoms with Gasteiger partial charge in [0.25, 0.3) is 0 Å².